The van der Waals surface area contributed by atoms with Crippen molar-refractivity contribution in [1.29, 1.82) is 0 Å². The molecule has 1 aromatic heterocycles. The fourth-order valence-electron chi connectivity index (χ4n) is 2.62. The van der Waals surface area contributed by atoms with Crippen LogP contribution in [0.15, 0.2) is 18.2 Å². The molecule has 0 aliphatic heterocycles. The van der Waals surface area contributed by atoms with Gasteiger partial charge in [-0.3, -0.25) is 0 Å². The molecule has 0 amide bonds. The Morgan fingerprint density at radius 2 is 2.10 bits per heavy atom. The third kappa shape index (κ3) is 2.27. The fraction of sp³-hybridized carbons (Fsp3) is 0.308. The highest BCUT2D eigenvalue weighted by Crippen LogP contribution is 2.46. The molecule has 0 spiro atoms. The molecule has 1 atom stereocenters. The Bertz CT molecular complexity index is 666. The molecule has 0 saturated carbocycles. The first-order valence-corrected chi connectivity index (χ1v) is 7.17. The van der Waals surface area contributed by atoms with E-state index in [2.05, 4.69) is 4.98 Å². The molecule has 20 heavy (non-hydrogen) atoms. The first kappa shape index (κ1) is 13.7. The molecule has 1 aliphatic carbocycles. The van der Waals surface area contributed by atoms with Gasteiger partial charge in [0.25, 0.3) is 0 Å². The van der Waals surface area contributed by atoms with Crippen LogP contribution in [-0.2, 0) is 12.6 Å². The van der Waals surface area contributed by atoms with Gasteiger partial charge < -0.3 is 5.73 Å². The molecular formula is C13H10ClF3N2S. The molecule has 1 aliphatic rings. The largest absolute Gasteiger partial charge is 0.416 e. The first-order chi connectivity index (χ1) is 9.36. The molecule has 1 unspecified atom stereocenters. The van der Waals surface area contributed by atoms with Crippen LogP contribution in [0.4, 0.5) is 18.3 Å². The lowest BCUT2D eigenvalue weighted by atomic mass is 9.93. The van der Waals surface area contributed by atoms with E-state index in [0.29, 0.717) is 18.0 Å². The van der Waals surface area contributed by atoms with Crippen molar-refractivity contribution in [1.82, 2.24) is 4.98 Å². The number of aryl methyl sites for hydroxylation is 1. The van der Waals surface area contributed by atoms with Gasteiger partial charge in [0.1, 0.15) is 0 Å². The molecule has 2 N–H and O–H groups in total. The Labute approximate surface area is 122 Å². The van der Waals surface area contributed by atoms with Gasteiger partial charge in [-0.25, -0.2) is 4.98 Å². The number of aromatic nitrogens is 1. The van der Waals surface area contributed by atoms with Crippen LogP contribution in [0, 0.1) is 0 Å². The summed E-state index contributed by atoms with van der Waals surface area (Å²) in [6.07, 6.45) is -3.13. The predicted molar refractivity (Wildman–Crippen MR) is 73.1 cm³/mol. The normalized spacial score (nSPS) is 18.3. The van der Waals surface area contributed by atoms with E-state index in [1.165, 1.54) is 23.5 Å². The maximum Gasteiger partial charge on any atom is 0.416 e. The summed E-state index contributed by atoms with van der Waals surface area (Å²) in [7, 11) is 0. The number of benzene rings is 1. The van der Waals surface area contributed by atoms with Gasteiger partial charge in [0.2, 0.25) is 0 Å². The molecule has 1 heterocycles. The van der Waals surface area contributed by atoms with Crippen LogP contribution in [0.1, 0.15) is 34.0 Å². The Balaban J connectivity index is 2.12. The lowest BCUT2D eigenvalue weighted by Gasteiger charge is -2.18. The molecule has 2 nitrogen and oxygen atoms in total. The van der Waals surface area contributed by atoms with Crippen molar-refractivity contribution in [3.8, 4) is 0 Å². The third-order valence-electron chi connectivity index (χ3n) is 3.43. The fourth-order valence-corrected chi connectivity index (χ4v) is 3.83. The Morgan fingerprint density at radius 3 is 2.80 bits per heavy atom. The maximum atomic E-state index is 13.2. The van der Waals surface area contributed by atoms with Gasteiger partial charge in [-0.2, -0.15) is 13.2 Å². The molecule has 0 radical (unpaired) electrons. The van der Waals surface area contributed by atoms with Crippen LogP contribution in [0.5, 0.6) is 0 Å². The molecule has 3 rings (SSSR count). The number of halogens is 4. The zero-order valence-electron chi connectivity index (χ0n) is 10.2. The molecule has 106 valence electrons. The van der Waals surface area contributed by atoms with E-state index in [1.807, 2.05) is 0 Å². The number of fused-ring (bicyclic) bond motifs is 1. The van der Waals surface area contributed by atoms with Crippen molar-refractivity contribution in [3.05, 3.63) is 44.9 Å². The van der Waals surface area contributed by atoms with Gasteiger partial charge in [-0.1, -0.05) is 17.7 Å². The highest BCUT2D eigenvalue weighted by Gasteiger charge is 2.38. The zero-order valence-corrected chi connectivity index (χ0v) is 11.7. The number of rotatable bonds is 1. The Morgan fingerprint density at radius 1 is 1.35 bits per heavy atom. The predicted octanol–water partition coefficient (Wildman–Crippen LogP) is 4.48. The van der Waals surface area contributed by atoms with Crippen LogP contribution >= 0.6 is 22.9 Å². The smallest absolute Gasteiger partial charge is 0.375 e. The van der Waals surface area contributed by atoms with Crippen LogP contribution in [0.2, 0.25) is 5.02 Å². The number of nitrogen functional groups attached to an aromatic ring is 1. The number of nitrogens with two attached hydrogens (primary N) is 1. The second kappa shape index (κ2) is 4.63. The minimum Gasteiger partial charge on any atom is -0.375 e. The zero-order chi connectivity index (χ0) is 14.5. The van der Waals surface area contributed by atoms with Crippen LogP contribution in [0.25, 0.3) is 0 Å². The lowest BCUT2D eigenvalue weighted by molar-refractivity contribution is -0.138. The summed E-state index contributed by atoms with van der Waals surface area (Å²) in [6, 6.07) is 3.94. The second-order valence-electron chi connectivity index (χ2n) is 4.68. The molecular weight excluding hydrogens is 309 g/mol. The number of thiazole rings is 1. The average molecular weight is 319 g/mol. The quantitative estimate of drug-likeness (QED) is 0.842. The van der Waals surface area contributed by atoms with Gasteiger partial charge in [-0.15, -0.1) is 11.3 Å². The van der Waals surface area contributed by atoms with E-state index >= 15 is 0 Å². The van der Waals surface area contributed by atoms with Crippen molar-refractivity contribution in [2.75, 3.05) is 5.73 Å². The molecule has 7 heteroatoms. The van der Waals surface area contributed by atoms with Gasteiger partial charge >= 0.3 is 6.18 Å². The summed E-state index contributed by atoms with van der Waals surface area (Å²) in [5, 5.41) is 0.491. The standard InChI is InChI=1S/C13H10ClF3N2S/c14-6-1-2-7(9(5-6)13(15,16)17)8-3-4-10-11(8)20-12(18)19-10/h1-2,5,8H,3-4H2,(H2,18,19). The summed E-state index contributed by atoms with van der Waals surface area (Å²) in [5.74, 6) is -0.298. The van der Waals surface area contributed by atoms with Gasteiger partial charge in [0.05, 0.1) is 11.3 Å². The first-order valence-electron chi connectivity index (χ1n) is 5.98. The van der Waals surface area contributed by atoms with E-state index in [4.69, 9.17) is 17.3 Å². The highest BCUT2D eigenvalue weighted by atomic mass is 35.5. The maximum absolute atomic E-state index is 13.2. The summed E-state index contributed by atoms with van der Waals surface area (Å²) in [5.41, 5.74) is 6.04. The highest BCUT2D eigenvalue weighted by molar-refractivity contribution is 7.15. The molecule has 1 aromatic carbocycles. The summed E-state index contributed by atoms with van der Waals surface area (Å²) >= 11 is 6.97. The molecule has 0 fully saturated rings. The molecule has 0 bridgehead atoms. The van der Waals surface area contributed by atoms with Crippen molar-refractivity contribution >= 4 is 28.1 Å². The third-order valence-corrected chi connectivity index (χ3v) is 4.70. The van der Waals surface area contributed by atoms with Gasteiger partial charge in [0.15, 0.2) is 5.13 Å². The summed E-state index contributed by atoms with van der Waals surface area (Å²) in [6.45, 7) is 0. The van der Waals surface area contributed by atoms with Gasteiger partial charge in [0, 0.05) is 15.8 Å². The van der Waals surface area contributed by atoms with E-state index in [0.717, 1.165) is 16.6 Å². The second-order valence-corrected chi connectivity index (χ2v) is 6.18. The topological polar surface area (TPSA) is 38.9 Å². The van der Waals surface area contributed by atoms with E-state index in [1.54, 1.807) is 0 Å². The van der Waals surface area contributed by atoms with E-state index in [-0.39, 0.29) is 16.5 Å². The Kier molecular flexibility index (Phi) is 3.17. The molecule has 2 aromatic rings. The van der Waals surface area contributed by atoms with Crippen molar-refractivity contribution in [2.24, 2.45) is 0 Å². The SMILES string of the molecule is Nc1nc2c(s1)C(c1ccc(Cl)cc1C(F)(F)F)CC2. The monoisotopic (exact) mass is 318 g/mol. The van der Waals surface area contributed by atoms with E-state index < -0.39 is 11.7 Å². The minimum absolute atomic E-state index is 0.0862. The van der Waals surface area contributed by atoms with Crippen LogP contribution < -0.4 is 5.73 Å². The van der Waals surface area contributed by atoms with Crippen LogP contribution in [-0.4, -0.2) is 4.98 Å². The molecule has 0 saturated heterocycles. The van der Waals surface area contributed by atoms with Crippen molar-refractivity contribution in [3.63, 3.8) is 0 Å². The Hall–Kier alpha value is -1.27. The number of alkyl halides is 3. The lowest BCUT2D eigenvalue weighted by Crippen LogP contribution is -2.11. The average Bonchev–Trinajstić information content (AvgIpc) is 2.87. The van der Waals surface area contributed by atoms with Crippen molar-refractivity contribution < 1.29 is 13.2 Å². The minimum atomic E-state index is -4.42. The summed E-state index contributed by atoms with van der Waals surface area (Å²) < 4.78 is 39.5. The van der Waals surface area contributed by atoms with Gasteiger partial charge in [-0.05, 0) is 30.5 Å². The number of anilines is 1. The number of hydrogen-bond acceptors (Lipinski definition) is 3. The van der Waals surface area contributed by atoms with Crippen LogP contribution in [0.3, 0.4) is 0 Å². The number of nitrogens with zero attached hydrogens (tertiary/aromatic N) is 1. The van der Waals surface area contributed by atoms with E-state index in [9.17, 15) is 13.2 Å². The summed E-state index contributed by atoms with van der Waals surface area (Å²) in [4.78, 5) is 5.01. The number of hydrogen-bond donors (Lipinski definition) is 1. The van der Waals surface area contributed by atoms with Crippen molar-refractivity contribution in [2.45, 2.75) is 24.9 Å².